The van der Waals surface area contributed by atoms with Gasteiger partial charge in [-0.05, 0) is 35.7 Å². The van der Waals surface area contributed by atoms with Crippen LogP contribution in [-0.4, -0.2) is 77.0 Å². The van der Waals surface area contributed by atoms with Crippen molar-refractivity contribution < 1.29 is 34.3 Å². The van der Waals surface area contributed by atoms with E-state index in [0.29, 0.717) is 25.4 Å². The van der Waals surface area contributed by atoms with Crippen LogP contribution in [0.5, 0.6) is 0 Å². The van der Waals surface area contributed by atoms with Crippen molar-refractivity contribution in [2.24, 2.45) is 40.9 Å². The minimum absolute atomic E-state index is 0.126. The predicted molar refractivity (Wildman–Crippen MR) is 154 cm³/mol. The Kier molecular flexibility index (Phi) is 12.0. The number of carbonyl (C=O) groups excluding carboxylic acids is 1. The number of aliphatic hydroxyl groups is 3. The van der Waals surface area contributed by atoms with E-state index in [1.807, 2.05) is 68.4 Å². The zero-order valence-electron chi connectivity index (χ0n) is 26.0. The molecule has 0 amide bonds. The molecule has 0 radical (unpaired) electrons. The second-order valence-electron chi connectivity index (χ2n) is 14.0. The highest BCUT2D eigenvalue weighted by atomic mass is 16.6. The highest BCUT2D eigenvalue weighted by Gasteiger charge is 2.60. The highest BCUT2D eigenvalue weighted by molar-refractivity contribution is 5.91. The van der Waals surface area contributed by atoms with Crippen LogP contribution in [0.25, 0.3) is 0 Å². The average Bonchev–Trinajstić information content (AvgIpc) is 3.06. The molecule has 0 spiro atoms. The number of carbonyl (C=O) groups is 1. The number of hydrogen-bond acceptors (Lipinski definition) is 7. The summed E-state index contributed by atoms with van der Waals surface area (Å²) in [4.78, 5) is 13.9. The third-order valence-corrected chi connectivity index (χ3v) is 8.06. The third-order valence-electron chi connectivity index (χ3n) is 8.06. The minimum Gasteiger partial charge on any atom is -0.392 e. The van der Waals surface area contributed by atoms with Gasteiger partial charge in [-0.25, -0.2) is 0 Å². The molecule has 9 atom stereocenters. The number of rotatable bonds is 9. The standard InChI is InChI=1S/C32H56O7/c1-18(2)15-37-26-23(9)27(38-16-19(3)4)28(39-17-20(5)6)30(35)31(10,11)13-12-21(7)29(34)32(36)14-22(8)25(33)24(26)32/h12-13,18-22,24-28,30,33,35-36H,9,14-17H2,1-8,10-11H3. The molecular weight excluding hydrogens is 496 g/mol. The predicted octanol–water partition coefficient (Wildman–Crippen LogP) is 4.58. The summed E-state index contributed by atoms with van der Waals surface area (Å²) in [5, 5.41) is 35.3. The number of Topliss-reactive ketones (excluding diaryl/α,β-unsaturated/α-hetero) is 1. The number of fused-ring (bicyclic) bond motifs is 1. The van der Waals surface area contributed by atoms with Gasteiger partial charge in [0.25, 0.3) is 0 Å². The van der Waals surface area contributed by atoms with Crippen LogP contribution in [0.2, 0.25) is 0 Å². The van der Waals surface area contributed by atoms with Crippen molar-refractivity contribution in [2.45, 2.75) is 112 Å². The Bertz CT molecular complexity index is 847. The summed E-state index contributed by atoms with van der Waals surface area (Å²) >= 11 is 0. The third kappa shape index (κ3) is 8.02. The van der Waals surface area contributed by atoms with Crippen molar-refractivity contribution in [1.82, 2.24) is 0 Å². The Morgan fingerprint density at radius 3 is 1.92 bits per heavy atom. The minimum atomic E-state index is -1.81. The van der Waals surface area contributed by atoms with Crippen molar-refractivity contribution in [1.29, 1.82) is 0 Å². The SMILES string of the molecule is C=C1C(OCC(C)C)C(OCC(C)C)C(O)C(C)(C)C=CC(C)C(=O)C2(O)CC(C)C(O)C2C1OCC(C)C. The maximum atomic E-state index is 13.9. The Morgan fingerprint density at radius 2 is 1.41 bits per heavy atom. The lowest BCUT2D eigenvalue weighted by Gasteiger charge is -2.44. The van der Waals surface area contributed by atoms with Crippen LogP contribution >= 0.6 is 0 Å². The van der Waals surface area contributed by atoms with Gasteiger partial charge in [0.2, 0.25) is 0 Å². The Hall–Kier alpha value is -1.09. The van der Waals surface area contributed by atoms with Gasteiger partial charge in [-0.15, -0.1) is 0 Å². The lowest BCUT2D eigenvalue weighted by molar-refractivity contribution is -0.163. The number of allylic oxidation sites excluding steroid dienone is 1. The highest BCUT2D eigenvalue weighted by Crippen LogP contribution is 2.47. The molecule has 1 fully saturated rings. The molecule has 0 aromatic heterocycles. The van der Waals surface area contributed by atoms with E-state index in [0.717, 1.165) is 0 Å². The molecule has 9 unspecified atom stereocenters. The lowest BCUT2D eigenvalue weighted by atomic mass is 9.72. The van der Waals surface area contributed by atoms with Crippen LogP contribution in [0, 0.1) is 40.9 Å². The van der Waals surface area contributed by atoms with Crippen molar-refractivity contribution >= 4 is 5.78 Å². The molecule has 7 nitrogen and oxygen atoms in total. The van der Waals surface area contributed by atoms with Gasteiger partial charge in [-0.1, -0.05) is 88.0 Å². The van der Waals surface area contributed by atoms with Crippen molar-refractivity contribution in [3.63, 3.8) is 0 Å². The molecule has 0 bridgehead atoms. The first-order chi connectivity index (χ1) is 17.9. The fraction of sp³-hybridized carbons (Fsp3) is 0.844. The molecular formula is C32H56O7. The van der Waals surface area contributed by atoms with E-state index in [1.165, 1.54) is 0 Å². The summed E-state index contributed by atoms with van der Waals surface area (Å²) in [7, 11) is 0. The molecule has 0 heterocycles. The monoisotopic (exact) mass is 552 g/mol. The summed E-state index contributed by atoms with van der Waals surface area (Å²) in [5.74, 6) is -1.70. The van der Waals surface area contributed by atoms with E-state index in [9.17, 15) is 20.1 Å². The van der Waals surface area contributed by atoms with E-state index in [-0.39, 0.29) is 35.9 Å². The van der Waals surface area contributed by atoms with Gasteiger partial charge in [-0.2, -0.15) is 0 Å². The average molecular weight is 553 g/mol. The van der Waals surface area contributed by atoms with Crippen LogP contribution in [-0.2, 0) is 19.0 Å². The Balaban J connectivity index is 2.80. The van der Waals surface area contributed by atoms with Gasteiger partial charge in [0.15, 0.2) is 5.78 Å². The van der Waals surface area contributed by atoms with E-state index >= 15 is 0 Å². The van der Waals surface area contributed by atoms with Gasteiger partial charge in [0.05, 0.1) is 24.2 Å². The summed E-state index contributed by atoms with van der Waals surface area (Å²) in [6, 6.07) is 0. The fourth-order valence-electron chi connectivity index (χ4n) is 5.73. The topological polar surface area (TPSA) is 105 Å². The Morgan fingerprint density at radius 1 is 0.923 bits per heavy atom. The quantitative estimate of drug-likeness (QED) is 0.360. The van der Waals surface area contributed by atoms with Crippen LogP contribution in [0.4, 0.5) is 0 Å². The van der Waals surface area contributed by atoms with Crippen LogP contribution in [0.3, 0.4) is 0 Å². The van der Waals surface area contributed by atoms with Crippen molar-refractivity contribution in [3.05, 3.63) is 24.3 Å². The van der Waals surface area contributed by atoms with Crippen molar-refractivity contribution in [2.75, 3.05) is 19.8 Å². The number of aliphatic hydroxyl groups excluding tert-OH is 2. The summed E-state index contributed by atoms with van der Waals surface area (Å²) < 4.78 is 19.3. The fourth-order valence-corrected chi connectivity index (χ4v) is 5.73. The van der Waals surface area contributed by atoms with E-state index in [4.69, 9.17) is 14.2 Å². The van der Waals surface area contributed by atoms with Crippen molar-refractivity contribution in [3.8, 4) is 0 Å². The van der Waals surface area contributed by atoms with E-state index in [2.05, 4.69) is 6.58 Å². The molecule has 2 aliphatic rings. The summed E-state index contributed by atoms with van der Waals surface area (Å²) in [5.41, 5.74) is -2.14. The first kappa shape index (κ1) is 34.1. The number of ketones is 1. The molecule has 226 valence electrons. The van der Waals surface area contributed by atoms with Gasteiger partial charge in [0, 0.05) is 31.2 Å². The zero-order valence-corrected chi connectivity index (χ0v) is 26.0. The lowest BCUT2D eigenvalue weighted by Crippen LogP contribution is -2.56. The van der Waals surface area contributed by atoms with E-state index < -0.39 is 53.4 Å². The second kappa shape index (κ2) is 13.7. The second-order valence-corrected chi connectivity index (χ2v) is 14.0. The largest absolute Gasteiger partial charge is 0.392 e. The molecule has 1 saturated carbocycles. The first-order valence-corrected chi connectivity index (χ1v) is 14.8. The molecule has 39 heavy (non-hydrogen) atoms. The molecule has 0 aliphatic heterocycles. The van der Waals surface area contributed by atoms with Gasteiger partial charge in [-0.3, -0.25) is 4.79 Å². The van der Waals surface area contributed by atoms with Crippen LogP contribution < -0.4 is 0 Å². The number of ether oxygens (including phenoxy) is 3. The van der Waals surface area contributed by atoms with Crippen LogP contribution in [0.1, 0.15) is 75.7 Å². The molecule has 0 saturated heterocycles. The summed E-state index contributed by atoms with van der Waals surface area (Å²) in [6.45, 7) is 25.1. The molecule has 7 heteroatoms. The molecule has 0 aromatic rings. The molecule has 2 aliphatic carbocycles. The van der Waals surface area contributed by atoms with Crippen LogP contribution in [0.15, 0.2) is 24.3 Å². The molecule has 3 N–H and O–H groups in total. The summed E-state index contributed by atoms with van der Waals surface area (Å²) in [6.07, 6.45) is -0.774. The van der Waals surface area contributed by atoms with E-state index in [1.54, 1.807) is 13.0 Å². The molecule has 2 rings (SSSR count). The maximum absolute atomic E-state index is 13.9. The van der Waals surface area contributed by atoms with Gasteiger partial charge in [0.1, 0.15) is 17.8 Å². The zero-order chi connectivity index (χ0) is 29.9. The smallest absolute Gasteiger partial charge is 0.171 e. The molecule has 0 aromatic carbocycles. The van der Waals surface area contributed by atoms with Gasteiger partial charge >= 0.3 is 0 Å². The maximum Gasteiger partial charge on any atom is 0.171 e. The number of hydrogen-bond donors (Lipinski definition) is 3. The Labute approximate surface area is 237 Å². The van der Waals surface area contributed by atoms with Gasteiger partial charge < -0.3 is 29.5 Å². The first-order valence-electron chi connectivity index (χ1n) is 14.8. The normalized spacial score (nSPS) is 37.8.